The number of piperidine rings is 1. The number of hydrogen-bond donors (Lipinski definition) is 0. The maximum atomic E-state index is 5.03. The van der Waals surface area contributed by atoms with E-state index in [1.54, 1.807) is 0 Å². The molecule has 1 saturated heterocycles. The van der Waals surface area contributed by atoms with Crippen LogP contribution in [0.15, 0.2) is 42.7 Å². The highest BCUT2D eigenvalue weighted by molar-refractivity contribution is 5.81. The minimum absolute atomic E-state index is 0.311. The summed E-state index contributed by atoms with van der Waals surface area (Å²) in [5, 5.41) is 1.25. The van der Waals surface area contributed by atoms with Gasteiger partial charge in [0.1, 0.15) is 5.82 Å². The molecule has 0 amide bonds. The number of benzene rings is 1. The first-order chi connectivity index (χ1) is 13.8. The van der Waals surface area contributed by atoms with Gasteiger partial charge in [0.15, 0.2) is 0 Å². The normalized spacial score (nSPS) is 21.0. The summed E-state index contributed by atoms with van der Waals surface area (Å²) >= 11 is 0. The molecule has 28 heavy (non-hydrogen) atoms. The maximum absolute atomic E-state index is 5.03. The van der Waals surface area contributed by atoms with Crippen LogP contribution in [0.2, 0.25) is 0 Å². The number of aromatic nitrogens is 3. The molecule has 1 atom stereocenters. The van der Waals surface area contributed by atoms with Crippen LogP contribution in [-0.2, 0) is 19.5 Å². The Morgan fingerprint density at radius 1 is 1.07 bits per heavy atom. The van der Waals surface area contributed by atoms with Gasteiger partial charge >= 0.3 is 0 Å². The van der Waals surface area contributed by atoms with E-state index in [1.165, 1.54) is 35.0 Å². The second-order valence-electron chi connectivity index (χ2n) is 8.16. The number of rotatable bonds is 3. The van der Waals surface area contributed by atoms with Crippen LogP contribution in [0.3, 0.4) is 0 Å². The molecule has 0 aliphatic carbocycles. The molecule has 3 aromatic rings. The van der Waals surface area contributed by atoms with Crippen molar-refractivity contribution in [2.45, 2.75) is 44.8 Å². The van der Waals surface area contributed by atoms with Gasteiger partial charge in [-0.15, -0.1) is 0 Å². The standard InChI is InChI=1S/C23H27N5/c1-27-13-10-20-18(15-27)14-25-23(26-20)22-8-4-5-12-28(22)16-17-9-11-24-21-7-3-2-6-19(17)21/h2-3,6-7,9,11,14,22H,4-5,8,10,12-13,15-16H2,1H3. The molecule has 2 aliphatic heterocycles. The van der Waals surface area contributed by atoms with Gasteiger partial charge in [0, 0.05) is 55.1 Å². The summed E-state index contributed by atoms with van der Waals surface area (Å²) in [7, 11) is 2.17. The highest BCUT2D eigenvalue weighted by Gasteiger charge is 2.28. The smallest absolute Gasteiger partial charge is 0.145 e. The van der Waals surface area contributed by atoms with Crippen molar-refractivity contribution in [2.75, 3.05) is 20.1 Å². The zero-order valence-electron chi connectivity index (χ0n) is 16.5. The van der Waals surface area contributed by atoms with Crippen LogP contribution in [0.4, 0.5) is 0 Å². The van der Waals surface area contributed by atoms with E-state index in [4.69, 9.17) is 9.97 Å². The van der Waals surface area contributed by atoms with E-state index in [0.717, 1.165) is 50.4 Å². The Morgan fingerprint density at radius 2 is 2.00 bits per heavy atom. The third kappa shape index (κ3) is 3.40. The van der Waals surface area contributed by atoms with Crippen molar-refractivity contribution < 1.29 is 0 Å². The Labute approximate surface area is 166 Å². The molecule has 1 aromatic carbocycles. The van der Waals surface area contributed by atoms with Gasteiger partial charge in [0.25, 0.3) is 0 Å². The SMILES string of the molecule is CN1CCc2nc(C3CCCCN3Cc3ccnc4ccccc34)ncc2C1. The zero-order chi connectivity index (χ0) is 18.9. The molecule has 0 saturated carbocycles. The summed E-state index contributed by atoms with van der Waals surface area (Å²) in [4.78, 5) is 19.3. The fourth-order valence-corrected chi connectivity index (χ4v) is 4.62. The molecule has 144 valence electrons. The molecule has 0 N–H and O–H groups in total. The number of likely N-dealkylation sites (N-methyl/N-ethyl adjacent to an activating group) is 1. The number of nitrogens with zero attached hydrogens (tertiary/aromatic N) is 5. The molecule has 1 unspecified atom stereocenters. The minimum atomic E-state index is 0.311. The first-order valence-electron chi connectivity index (χ1n) is 10.4. The molecule has 2 aromatic heterocycles. The maximum Gasteiger partial charge on any atom is 0.145 e. The molecule has 5 rings (SSSR count). The molecule has 1 fully saturated rings. The van der Waals surface area contributed by atoms with Gasteiger partial charge in [-0.05, 0) is 44.1 Å². The average Bonchev–Trinajstić information content (AvgIpc) is 2.74. The van der Waals surface area contributed by atoms with E-state index in [0.29, 0.717) is 6.04 Å². The van der Waals surface area contributed by atoms with Gasteiger partial charge in [0.2, 0.25) is 0 Å². The largest absolute Gasteiger partial charge is 0.302 e. The van der Waals surface area contributed by atoms with Crippen LogP contribution in [-0.4, -0.2) is 44.9 Å². The highest BCUT2D eigenvalue weighted by atomic mass is 15.2. The summed E-state index contributed by atoms with van der Waals surface area (Å²) in [6, 6.07) is 10.9. The molecule has 2 aliphatic rings. The van der Waals surface area contributed by atoms with Crippen LogP contribution >= 0.6 is 0 Å². The highest BCUT2D eigenvalue weighted by Crippen LogP contribution is 2.32. The molecular weight excluding hydrogens is 346 g/mol. The van der Waals surface area contributed by atoms with Crippen LogP contribution in [0, 0.1) is 0 Å². The van der Waals surface area contributed by atoms with Gasteiger partial charge in [0.05, 0.1) is 11.6 Å². The molecule has 0 bridgehead atoms. The number of para-hydroxylation sites is 1. The lowest BCUT2D eigenvalue weighted by Crippen LogP contribution is -2.35. The summed E-state index contributed by atoms with van der Waals surface area (Å²) in [6.45, 7) is 4.08. The first-order valence-corrected chi connectivity index (χ1v) is 10.4. The van der Waals surface area contributed by atoms with Gasteiger partial charge < -0.3 is 4.90 Å². The van der Waals surface area contributed by atoms with Crippen molar-refractivity contribution in [2.24, 2.45) is 0 Å². The predicted octanol–water partition coefficient (Wildman–Crippen LogP) is 3.74. The van der Waals surface area contributed by atoms with Crippen molar-refractivity contribution in [1.29, 1.82) is 0 Å². The third-order valence-corrected chi connectivity index (χ3v) is 6.17. The lowest BCUT2D eigenvalue weighted by molar-refractivity contribution is 0.133. The zero-order valence-corrected chi connectivity index (χ0v) is 16.5. The summed E-state index contributed by atoms with van der Waals surface area (Å²) < 4.78 is 0. The fraction of sp³-hybridized carbons (Fsp3) is 0.435. The number of hydrogen-bond acceptors (Lipinski definition) is 5. The molecule has 5 nitrogen and oxygen atoms in total. The molecule has 4 heterocycles. The number of fused-ring (bicyclic) bond motifs is 2. The summed E-state index contributed by atoms with van der Waals surface area (Å²) in [5.74, 6) is 1.02. The van der Waals surface area contributed by atoms with Crippen molar-refractivity contribution in [1.82, 2.24) is 24.8 Å². The van der Waals surface area contributed by atoms with E-state index in [1.807, 2.05) is 6.20 Å². The minimum Gasteiger partial charge on any atom is -0.302 e. The lowest BCUT2D eigenvalue weighted by Gasteiger charge is -2.35. The van der Waals surface area contributed by atoms with Crippen molar-refractivity contribution in [3.63, 3.8) is 0 Å². The lowest BCUT2D eigenvalue weighted by atomic mass is 9.99. The quantitative estimate of drug-likeness (QED) is 0.700. The van der Waals surface area contributed by atoms with E-state index < -0.39 is 0 Å². The Kier molecular flexibility index (Phi) is 4.79. The monoisotopic (exact) mass is 373 g/mol. The Bertz CT molecular complexity index is 980. The molecule has 0 spiro atoms. The van der Waals surface area contributed by atoms with E-state index >= 15 is 0 Å². The second kappa shape index (κ2) is 7.57. The molecule has 5 heteroatoms. The molecule has 0 radical (unpaired) electrons. The van der Waals surface area contributed by atoms with Crippen molar-refractivity contribution in [3.05, 3.63) is 65.4 Å². The number of likely N-dealkylation sites (tertiary alicyclic amines) is 1. The topological polar surface area (TPSA) is 45.2 Å². The summed E-state index contributed by atoms with van der Waals surface area (Å²) in [5.41, 5.74) is 4.96. The summed E-state index contributed by atoms with van der Waals surface area (Å²) in [6.07, 6.45) is 8.67. The van der Waals surface area contributed by atoms with Crippen molar-refractivity contribution in [3.8, 4) is 0 Å². The fourth-order valence-electron chi connectivity index (χ4n) is 4.62. The van der Waals surface area contributed by atoms with Crippen LogP contribution in [0.1, 0.15) is 47.9 Å². The Balaban J connectivity index is 1.44. The first kappa shape index (κ1) is 17.7. The van der Waals surface area contributed by atoms with Gasteiger partial charge in [-0.25, -0.2) is 9.97 Å². The average molecular weight is 374 g/mol. The Hall–Kier alpha value is -2.37. The van der Waals surface area contributed by atoms with E-state index in [2.05, 4.69) is 58.4 Å². The predicted molar refractivity (Wildman–Crippen MR) is 111 cm³/mol. The van der Waals surface area contributed by atoms with E-state index in [9.17, 15) is 0 Å². The van der Waals surface area contributed by atoms with Gasteiger partial charge in [-0.1, -0.05) is 24.6 Å². The van der Waals surface area contributed by atoms with Crippen LogP contribution in [0.25, 0.3) is 10.9 Å². The van der Waals surface area contributed by atoms with Crippen LogP contribution < -0.4 is 0 Å². The Morgan fingerprint density at radius 3 is 2.96 bits per heavy atom. The number of pyridine rings is 1. The van der Waals surface area contributed by atoms with Crippen LogP contribution in [0.5, 0.6) is 0 Å². The van der Waals surface area contributed by atoms with Crippen molar-refractivity contribution >= 4 is 10.9 Å². The van der Waals surface area contributed by atoms with Gasteiger partial charge in [-0.2, -0.15) is 0 Å². The molecular formula is C23H27N5. The second-order valence-corrected chi connectivity index (χ2v) is 8.16. The van der Waals surface area contributed by atoms with E-state index in [-0.39, 0.29) is 0 Å². The van der Waals surface area contributed by atoms with Gasteiger partial charge in [-0.3, -0.25) is 9.88 Å². The third-order valence-electron chi connectivity index (χ3n) is 6.17.